The summed E-state index contributed by atoms with van der Waals surface area (Å²) in [7, 11) is 0. The number of rotatable bonds is 0. The molecular formula is C20H28OS. The van der Waals surface area contributed by atoms with Gasteiger partial charge in [-0.3, -0.25) is 4.79 Å². The van der Waals surface area contributed by atoms with Crippen LogP contribution in [0.2, 0.25) is 0 Å². The van der Waals surface area contributed by atoms with Crippen LogP contribution in [0, 0.1) is 0 Å². The molecule has 120 valence electrons. The lowest BCUT2D eigenvalue weighted by molar-refractivity contribution is -0.120. The first kappa shape index (κ1) is 16.1. The Morgan fingerprint density at radius 1 is 1.00 bits per heavy atom. The van der Waals surface area contributed by atoms with Crippen molar-refractivity contribution < 1.29 is 4.79 Å². The molecule has 0 aromatic heterocycles. The van der Waals surface area contributed by atoms with Crippen molar-refractivity contribution in [2.24, 2.45) is 0 Å². The van der Waals surface area contributed by atoms with Crippen molar-refractivity contribution in [1.82, 2.24) is 0 Å². The van der Waals surface area contributed by atoms with Crippen LogP contribution < -0.4 is 0 Å². The Hall–Kier alpha value is -0.760. The van der Waals surface area contributed by atoms with E-state index >= 15 is 0 Å². The van der Waals surface area contributed by atoms with E-state index in [1.807, 2.05) is 0 Å². The normalized spacial score (nSPS) is 25.1. The van der Waals surface area contributed by atoms with Gasteiger partial charge in [-0.15, -0.1) is 11.8 Å². The Kier molecular flexibility index (Phi) is 3.75. The van der Waals surface area contributed by atoms with Crippen molar-refractivity contribution in [3.63, 3.8) is 0 Å². The summed E-state index contributed by atoms with van der Waals surface area (Å²) in [5.74, 6) is 0.897. The maximum atomic E-state index is 12.0. The zero-order valence-corrected chi connectivity index (χ0v) is 15.6. The van der Waals surface area contributed by atoms with Crippen LogP contribution in [0.15, 0.2) is 17.0 Å². The molecule has 1 nitrogen and oxygen atoms in total. The molecule has 1 heterocycles. The average molecular weight is 317 g/mol. The summed E-state index contributed by atoms with van der Waals surface area (Å²) >= 11 is 2.05. The minimum absolute atomic E-state index is 0.135. The minimum Gasteiger partial charge on any atom is -0.300 e. The maximum Gasteiger partial charge on any atom is 0.133 e. The highest BCUT2D eigenvalue weighted by molar-refractivity contribution is 8.00. The molecule has 1 aromatic carbocycles. The molecule has 0 amide bonds. The molecule has 0 saturated heterocycles. The molecular weight excluding hydrogens is 288 g/mol. The molecule has 22 heavy (non-hydrogen) atoms. The molecule has 1 aromatic rings. The second-order valence-electron chi connectivity index (χ2n) is 8.95. The van der Waals surface area contributed by atoms with Gasteiger partial charge in [0, 0.05) is 28.9 Å². The van der Waals surface area contributed by atoms with Gasteiger partial charge in [0.05, 0.1) is 0 Å². The van der Waals surface area contributed by atoms with Gasteiger partial charge in [0.2, 0.25) is 0 Å². The number of benzene rings is 1. The fraction of sp³-hybridized carbons (Fsp3) is 0.650. The third kappa shape index (κ3) is 2.64. The third-order valence-corrected chi connectivity index (χ3v) is 6.60. The van der Waals surface area contributed by atoms with Gasteiger partial charge in [0.25, 0.3) is 0 Å². The molecule has 0 spiro atoms. The molecule has 2 unspecified atom stereocenters. The summed E-state index contributed by atoms with van der Waals surface area (Å²) in [5.41, 5.74) is 4.71. The molecule has 3 rings (SSSR count). The summed E-state index contributed by atoms with van der Waals surface area (Å²) in [4.78, 5) is 13.5. The highest BCUT2D eigenvalue weighted by atomic mass is 32.2. The van der Waals surface area contributed by atoms with Gasteiger partial charge >= 0.3 is 0 Å². The van der Waals surface area contributed by atoms with E-state index in [1.54, 1.807) is 0 Å². The number of ketones is 1. The van der Waals surface area contributed by atoms with E-state index in [-0.39, 0.29) is 10.8 Å². The van der Waals surface area contributed by atoms with Crippen molar-refractivity contribution in [3.8, 4) is 0 Å². The second-order valence-corrected chi connectivity index (χ2v) is 10.2. The number of thioether (sulfide) groups is 1. The lowest BCUT2D eigenvalue weighted by Crippen LogP contribution is -2.25. The molecule has 1 aliphatic heterocycles. The lowest BCUT2D eigenvalue weighted by atomic mass is 9.73. The summed E-state index contributed by atoms with van der Waals surface area (Å²) in [6.45, 7) is 13.8. The first-order valence-electron chi connectivity index (χ1n) is 8.45. The summed E-state index contributed by atoms with van der Waals surface area (Å²) in [6.07, 6.45) is 2.58. The first-order valence-corrected chi connectivity index (χ1v) is 9.33. The quantitative estimate of drug-likeness (QED) is 0.620. The third-order valence-electron chi connectivity index (χ3n) is 5.06. The van der Waals surface area contributed by atoms with Crippen LogP contribution in [0.1, 0.15) is 83.4 Å². The Bertz CT molecular complexity index is 616. The van der Waals surface area contributed by atoms with Crippen LogP contribution in [-0.2, 0) is 15.6 Å². The first-order chi connectivity index (χ1) is 10.1. The predicted molar refractivity (Wildman–Crippen MR) is 95.1 cm³/mol. The topological polar surface area (TPSA) is 17.1 Å². The number of Topliss-reactive ketones (excluding diaryl/α,β-unsaturated/α-hetero) is 1. The fourth-order valence-electron chi connectivity index (χ4n) is 3.90. The van der Waals surface area contributed by atoms with Gasteiger partial charge in [-0.25, -0.2) is 0 Å². The van der Waals surface area contributed by atoms with Gasteiger partial charge in [0.15, 0.2) is 0 Å². The van der Waals surface area contributed by atoms with Crippen molar-refractivity contribution in [3.05, 3.63) is 28.8 Å². The molecule has 1 aliphatic carbocycles. The van der Waals surface area contributed by atoms with Crippen LogP contribution in [-0.4, -0.2) is 11.0 Å². The van der Waals surface area contributed by atoms with Gasteiger partial charge in [-0.2, -0.15) is 0 Å². The van der Waals surface area contributed by atoms with Crippen LogP contribution in [0.25, 0.3) is 0 Å². The summed E-state index contributed by atoms with van der Waals surface area (Å²) in [5, 5.41) is 0.609. The Balaban J connectivity index is 2.21. The van der Waals surface area contributed by atoms with E-state index < -0.39 is 0 Å². The minimum atomic E-state index is 0.135. The number of carbonyl (C=O) groups excluding carboxylic acids is 1. The monoisotopic (exact) mass is 316 g/mol. The van der Waals surface area contributed by atoms with Crippen molar-refractivity contribution >= 4 is 17.5 Å². The molecule has 1 saturated carbocycles. The number of hydrogen-bond donors (Lipinski definition) is 0. The van der Waals surface area contributed by atoms with E-state index in [1.165, 1.54) is 21.6 Å². The smallest absolute Gasteiger partial charge is 0.133 e. The molecule has 2 heteroatoms. The standard InChI is InChI=1S/C20H28OS/c1-19(2,3)14-8-9-15(20(4,5)6)18-17(14)13-11-12(21)7-10-16(13)22-18/h8-9,13,16H,7,10-11H2,1-6H3. The van der Waals surface area contributed by atoms with Gasteiger partial charge in [0.1, 0.15) is 5.78 Å². The molecule has 0 N–H and O–H groups in total. The van der Waals surface area contributed by atoms with Gasteiger partial charge < -0.3 is 0 Å². The Morgan fingerprint density at radius 2 is 1.59 bits per heavy atom. The van der Waals surface area contributed by atoms with E-state index in [2.05, 4.69) is 65.4 Å². The van der Waals surface area contributed by atoms with E-state index in [0.29, 0.717) is 17.0 Å². The Labute approximate surface area is 139 Å². The van der Waals surface area contributed by atoms with Crippen molar-refractivity contribution in [2.75, 3.05) is 0 Å². The number of hydrogen-bond acceptors (Lipinski definition) is 2. The highest BCUT2D eigenvalue weighted by Crippen LogP contribution is 2.56. The molecule has 2 aliphatic rings. The Morgan fingerprint density at radius 3 is 2.18 bits per heavy atom. The maximum absolute atomic E-state index is 12.0. The molecule has 0 radical (unpaired) electrons. The molecule has 0 bridgehead atoms. The van der Waals surface area contributed by atoms with Crippen LogP contribution >= 0.6 is 11.8 Å². The van der Waals surface area contributed by atoms with Gasteiger partial charge in [-0.05, 0) is 33.9 Å². The SMILES string of the molecule is CC(C)(C)c1ccc(C(C)(C)C)c2c1SC1CCC(=O)CC21. The van der Waals surface area contributed by atoms with E-state index in [0.717, 1.165) is 19.3 Å². The van der Waals surface area contributed by atoms with Crippen LogP contribution in [0.4, 0.5) is 0 Å². The fourth-order valence-corrected chi connectivity index (χ4v) is 5.73. The second kappa shape index (κ2) is 5.12. The van der Waals surface area contributed by atoms with E-state index in [9.17, 15) is 4.79 Å². The largest absolute Gasteiger partial charge is 0.300 e. The predicted octanol–water partition coefficient (Wildman–Crippen LogP) is 5.59. The zero-order valence-electron chi connectivity index (χ0n) is 14.7. The van der Waals surface area contributed by atoms with E-state index in [4.69, 9.17) is 0 Å². The van der Waals surface area contributed by atoms with Crippen molar-refractivity contribution in [1.29, 1.82) is 0 Å². The molecule has 2 atom stereocenters. The lowest BCUT2D eigenvalue weighted by Gasteiger charge is -2.30. The number of fused-ring (bicyclic) bond motifs is 3. The number of carbonyl (C=O) groups is 1. The van der Waals surface area contributed by atoms with Crippen LogP contribution in [0.3, 0.4) is 0 Å². The van der Waals surface area contributed by atoms with Crippen LogP contribution in [0.5, 0.6) is 0 Å². The average Bonchev–Trinajstić information content (AvgIpc) is 2.73. The summed E-state index contributed by atoms with van der Waals surface area (Å²) < 4.78 is 0. The molecule has 1 fully saturated rings. The van der Waals surface area contributed by atoms with Gasteiger partial charge in [-0.1, -0.05) is 53.7 Å². The highest BCUT2D eigenvalue weighted by Gasteiger charge is 2.42. The summed E-state index contributed by atoms with van der Waals surface area (Å²) in [6, 6.07) is 4.67. The zero-order chi connectivity index (χ0) is 16.3. The van der Waals surface area contributed by atoms with Crippen molar-refractivity contribution in [2.45, 2.75) is 87.7 Å².